The summed E-state index contributed by atoms with van der Waals surface area (Å²) in [5, 5.41) is 26.5. The molecule has 1 amide bonds. The van der Waals surface area contributed by atoms with E-state index in [0.717, 1.165) is 10.9 Å². The highest BCUT2D eigenvalue weighted by atomic mass is 16.6. The number of pyridine rings is 1. The standard InChI is InChI=1S/C18H22BN3O4/c1-11(2)9-17(19(24)25)21-18(23)16-10-15(22-26-16)14-8-7-12-5-3-4-6-13(12)20-14/h3-8,11,16-17,24-25H,9-10H2,1-2H3,(H,21,23)/t16?,17-/m0/s1. The van der Waals surface area contributed by atoms with E-state index in [0.29, 0.717) is 17.8 Å². The van der Waals surface area contributed by atoms with Gasteiger partial charge in [0.25, 0.3) is 5.91 Å². The van der Waals surface area contributed by atoms with Gasteiger partial charge in [0.05, 0.1) is 17.2 Å². The lowest BCUT2D eigenvalue weighted by atomic mass is 9.75. The third-order valence-electron chi connectivity index (χ3n) is 4.27. The molecule has 3 N–H and O–H groups in total. The number of carbonyl (C=O) groups excluding carboxylic acids is 1. The normalized spacial score (nSPS) is 17.7. The Bertz CT molecular complexity index is 825. The van der Waals surface area contributed by atoms with E-state index in [1.165, 1.54) is 0 Å². The van der Waals surface area contributed by atoms with Crippen LogP contribution >= 0.6 is 0 Å². The number of hydrogen-bond donors (Lipinski definition) is 3. The third-order valence-corrected chi connectivity index (χ3v) is 4.27. The summed E-state index contributed by atoms with van der Waals surface area (Å²) in [6, 6.07) is 11.6. The lowest BCUT2D eigenvalue weighted by molar-refractivity contribution is -0.131. The van der Waals surface area contributed by atoms with Crippen LogP contribution in [-0.4, -0.2) is 45.8 Å². The Morgan fingerprint density at radius 3 is 2.81 bits per heavy atom. The number of hydrogen-bond acceptors (Lipinski definition) is 6. The molecule has 0 radical (unpaired) electrons. The Hall–Kier alpha value is -2.45. The first-order chi connectivity index (χ1) is 12.4. The first-order valence-corrected chi connectivity index (χ1v) is 8.69. The third kappa shape index (κ3) is 4.20. The van der Waals surface area contributed by atoms with Crippen molar-refractivity contribution in [3.8, 4) is 0 Å². The maximum absolute atomic E-state index is 12.4. The summed E-state index contributed by atoms with van der Waals surface area (Å²) in [4.78, 5) is 22.2. The molecule has 0 saturated carbocycles. The number of rotatable bonds is 6. The summed E-state index contributed by atoms with van der Waals surface area (Å²) >= 11 is 0. The van der Waals surface area contributed by atoms with Crippen LogP contribution in [-0.2, 0) is 9.63 Å². The molecule has 3 rings (SSSR count). The molecule has 0 spiro atoms. The van der Waals surface area contributed by atoms with Crippen molar-refractivity contribution in [2.45, 2.75) is 38.7 Å². The maximum Gasteiger partial charge on any atom is 0.475 e. The topological polar surface area (TPSA) is 104 Å². The summed E-state index contributed by atoms with van der Waals surface area (Å²) in [7, 11) is -1.62. The van der Waals surface area contributed by atoms with Crippen molar-refractivity contribution in [2.75, 3.05) is 0 Å². The summed E-state index contributed by atoms with van der Waals surface area (Å²) in [6.07, 6.45) is -0.0601. The van der Waals surface area contributed by atoms with Crippen molar-refractivity contribution in [3.63, 3.8) is 0 Å². The van der Waals surface area contributed by atoms with Gasteiger partial charge in [0.15, 0.2) is 0 Å². The number of nitrogens with one attached hydrogen (secondary N) is 1. The van der Waals surface area contributed by atoms with Gasteiger partial charge >= 0.3 is 7.12 Å². The number of benzene rings is 1. The molecule has 1 aromatic carbocycles. The lowest BCUT2D eigenvalue weighted by Crippen LogP contribution is -2.50. The molecule has 26 heavy (non-hydrogen) atoms. The Morgan fingerprint density at radius 1 is 1.31 bits per heavy atom. The fraction of sp³-hybridized carbons (Fsp3) is 0.389. The second-order valence-corrected chi connectivity index (χ2v) is 6.88. The predicted molar refractivity (Wildman–Crippen MR) is 99.3 cm³/mol. The molecule has 2 heterocycles. The summed E-state index contributed by atoms with van der Waals surface area (Å²) in [6.45, 7) is 3.89. The predicted octanol–water partition coefficient (Wildman–Crippen LogP) is 1.27. The zero-order valence-corrected chi connectivity index (χ0v) is 14.8. The molecule has 1 unspecified atom stereocenters. The van der Waals surface area contributed by atoms with E-state index in [1.54, 1.807) is 0 Å². The Labute approximate surface area is 152 Å². The first kappa shape index (κ1) is 18.3. The van der Waals surface area contributed by atoms with E-state index in [4.69, 9.17) is 4.84 Å². The molecule has 0 bridgehead atoms. The van der Waals surface area contributed by atoms with Crippen LogP contribution in [0.25, 0.3) is 10.9 Å². The Morgan fingerprint density at radius 2 is 2.08 bits per heavy atom. The quantitative estimate of drug-likeness (QED) is 0.677. The summed E-state index contributed by atoms with van der Waals surface area (Å²) < 4.78 is 0. The number of carbonyl (C=O) groups is 1. The minimum atomic E-state index is -1.62. The highest BCUT2D eigenvalue weighted by Gasteiger charge is 2.33. The number of para-hydroxylation sites is 1. The molecule has 7 nitrogen and oxygen atoms in total. The van der Waals surface area contributed by atoms with Gasteiger partial charge in [0, 0.05) is 11.8 Å². The molecule has 136 valence electrons. The first-order valence-electron chi connectivity index (χ1n) is 8.69. The van der Waals surface area contributed by atoms with Crippen LogP contribution in [0.5, 0.6) is 0 Å². The van der Waals surface area contributed by atoms with E-state index in [9.17, 15) is 14.8 Å². The largest absolute Gasteiger partial charge is 0.475 e. The van der Waals surface area contributed by atoms with Crippen molar-refractivity contribution in [2.24, 2.45) is 11.1 Å². The summed E-state index contributed by atoms with van der Waals surface area (Å²) in [5.74, 6) is -0.947. The van der Waals surface area contributed by atoms with Crippen molar-refractivity contribution >= 4 is 29.6 Å². The number of fused-ring (bicyclic) bond motifs is 1. The zero-order chi connectivity index (χ0) is 18.7. The van der Waals surface area contributed by atoms with Gasteiger partial charge in [-0.05, 0) is 24.5 Å². The average Bonchev–Trinajstić information content (AvgIpc) is 3.10. The van der Waals surface area contributed by atoms with Crippen LogP contribution in [0.2, 0.25) is 0 Å². The van der Waals surface area contributed by atoms with Crippen molar-refractivity contribution in [1.29, 1.82) is 0 Å². The number of nitrogens with zero attached hydrogens (tertiary/aromatic N) is 2. The van der Waals surface area contributed by atoms with Gasteiger partial charge in [-0.15, -0.1) is 0 Å². The van der Waals surface area contributed by atoms with Crippen molar-refractivity contribution < 1.29 is 19.7 Å². The smallest absolute Gasteiger partial charge is 0.426 e. The highest BCUT2D eigenvalue weighted by molar-refractivity contribution is 6.43. The number of aromatic nitrogens is 1. The molecule has 8 heteroatoms. The minimum absolute atomic E-state index is 0.209. The molecule has 0 fully saturated rings. The Balaban J connectivity index is 1.65. The molecule has 2 atom stereocenters. The van der Waals surface area contributed by atoms with Gasteiger partial charge in [-0.2, -0.15) is 0 Å². The van der Waals surface area contributed by atoms with Gasteiger partial charge < -0.3 is 20.2 Å². The Kier molecular flexibility index (Phi) is 5.53. The lowest BCUT2D eigenvalue weighted by Gasteiger charge is -2.20. The van der Waals surface area contributed by atoms with Gasteiger partial charge in [-0.3, -0.25) is 4.79 Å². The van der Waals surface area contributed by atoms with E-state index in [2.05, 4.69) is 15.5 Å². The fourth-order valence-corrected chi connectivity index (χ4v) is 2.93. The van der Waals surface area contributed by atoms with Crippen molar-refractivity contribution in [3.05, 3.63) is 42.1 Å². The number of oxime groups is 1. The van der Waals surface area contributed by atoms with Gasteiger partial charge in [-0.1, -0.05) is 43.3 Å². The average molecular weight is 355 g/mol. The SMILES string of the molecule is CC(C)C[C@H](NC(=O)C1CC(c2ccc3ccccc3n2)=NO1)B(O)O. The van der Waals surface area contributed by atoms with E-state index in [-0.39, 0.29) is 12.3 Å². The minimum Gasteiger partial charge on any atom is -0.426 e. The fourth-order valence-electron chi connectivity index (χ4n) is 2.93. The second kappa shape index (κ2) is 7.84. The maximum atomic E-state index is 12.4. The molecule has 1 aromatic heterocycles. The van der Waals surface area contributed by atoms with Crippen LogP contribution < -0.4 is 5.32 Å². The molecule has 1 aliphatic rings. The van der Waals surface area contributed by atoms with Gasteiger partial charge in [0.2, 0.25) is 6.10 Å². The van der Waals surface area contributed by atoms with Crippen LogP contribution in [0.3, 0.4) is 0 Å². The number of amides is 1. The molecule has 0 aliphatic carbocycles. The monoisotopic (exact) mass is 355 g/mol. The van der Waals surface area contributed by atoms with Crippen LogP contribution in [0.1, 0.15) is 32.4 Å². The van der Waals surface area contributed by atoms with Crippen molar-refractivity contribution in [1.82, 2.24) is 10.3 Å². The van der Waals surface area contributed by atoms with E-state index >= 15 is 0 Å². The van der Waals surface area contributed by atoms with Crippen LogP contribution in [0.4, 0.5) is 0 Å². The zero-order valence-electron chi connectivity index (χ0n) is 14.8. The second-order valence-electron chi connectivity index (χ2n) is 6.88. The van der Waals surface area contributed by atoms with Gasteiger partial charge in [-0.25, -0.2) is 4.98 Å². The van der Waals surface area contributed by atoms with E-state index < -0.39 is 25.1 Å². The molecule has 1 aliphatic heterocycles. The van der Waals surface area contributed by atoms with Crippen LogP contribution in [0, 0.1) is 5.92 Å². The molecular formula is C18H22BN3O4. The molecular weight excluding hydrogens is 333 g/mol. The molecule has 0 saturated heterocycles. The summed E-state index contributed by atoms with van der Waals surface area (Å²) in [5.41, 5.74) is 2.11. The molecule has 2 aromatic rings. The van der Waals surface area contributed by atoms with Gasteiger partial charge in [0.1, 0.15) is 5.71 Å². The van der Waals surface area contributed by atoms with E-state index in [1.807, 2.05) is 50.2 Å². The highest BCUT2D eigenvalue weighted by Crippen LogP contribution is 2.19. The van der Waals surface area contributed by atoms with Crippen LogP contribution in [0.15, 0.2) is 41.6 Å².